The molecule has 2 N–H and O–H groups in total. The highest BCUT2D eigenvalue weighted by Crippen LogP contribution is 2.21. The van der Waals surface area contributed by atoms with E-state index in [4.69, 9.17) is 5.11 Å². The summed E-state index contributed by atoms with van der Waals surface area (Å²) in [5.74, 6) is -1.19. The maximum Gasteiger partial charge on any atom is 0.326 e. The minimum atomic E-state index is -0.968. The Balaban J connectivity index is 1.86. The van der Waals surface area contributed by atoms with E-state index in [1.54, 1.807) is 0 Å². The predicted molar refractivity (Wildman–Crippen MR) is 75.0 cm³/mol. The highest BCUT2D eigenvalue weighted by Gasteiger charge is 2.23. The Hall–Kier alpha value is -1.88. The molecule has 5 nitrogen and oxygen atoms in total. The number of amides is 1. The first-order valence-electron chi connectivity index (χ1n) is 6.91. The van der Waals surface area contributed by atoms with Crippen molar-refractivity contribution < 1.29 is 14.7 Å². The van der Waals surface area contributed by atoms with Gasteiger partial charge in [-0.05, 0) is 17.5 Å². The average molecular weight is 276 g/mol. The maximum atomic E-state index is 11.9. The second-order valence-corrected chi connectivity index (χ2v) is 5.16. The summed E-state index contributed by atoms with van der Waals surface area (Å²) < 4.78 is 0. The highest BCUT2D eigenvalue weighted by molar-refractivity contribution is 5.84. The molecule has 0 radical (unpaired) electrons. The zero-order valence-electron chi connectivity index (χ0n) is 11.6. The van der Waals surface area contributed by atoms with Crippen LogP contribution < -0.4 is 5.32 Å². The van der Waals surface area contributed by atoms with Gasteiger partial charge in [0.25, 0.3) is 0 Å². The Morgan fingerprint density at radius 1 is 1.30 bits per heavy atom. The van der Waals surface area contributed by atoms with Crippen molar-refractivity contribution in [2.24, 2.45) is 0 Å². The molecule has 20 heavy (non-hydrogen) atoms. The van der Waals surface area contributed by atoms with Crippen LogP contribution in [0.3, 0.4) is 0 Å². The smallest absolute Gasteiger partial charge is 0.326 e. The molecule has 5 heteroatoms. The van der Waals surface area contributed by atoms with Crippen LogP contribution in [0.4, 0.5) is 0 Å². The second-order valence-electron chi connectivity index (χ2n) is 5.16. The predicted octanol–water partition coefficient (Wildman–Crippen LogP) is 1.37. The number of benzene rings is 1. The molecule has 0 bridgehead atoms. The summed E-state index contributed by atoms with van der Waals surface area (Å²) in [5, 5.41) is 11.6. The average Bonchev–Trinajstić information content (AvgIpc) is 2.79. The molecule has 0 unspecified atom stereocenters. The van der Waals surface area contributed by atoms with Crippen LogP contribution in [0.2, 0.25) is 0 Å². The van der Waals surface area contributed by atoms with Crippen LogP contribution in [0.25, 0.3) is 0 Å². The van der Waals surface area contributed by atoms with Gasteiger partial charge in [-0.25, -0.2) is 4.79 Å². The van der Waals surface area contributed by atoms with Gasteiger partial charge in [0.15, 0.2) is 0 Å². The molecular formula is C15H20N2O3. The Bertz CT molecular complexity index is 477. The summed E-state index contributed by atoms with van der Waals surface area (Å²) in [6, 6.07) is 7.32. The molecule has 1 heterocycles. The fraction of sp³-hybridized carbons (Fsp3) is 0.467. The van der Waals surface area contributed by atoms with Gasteiger partial charge in [-0.2, -0.15) is 0 Å². The number of carboxylic acid groups (broad SMARTS) is 1. The van der Waals surface area contributed by atoms with Crippen molar-refractivity contribution in [3.8, 4) is 0 Å². The van der Waals surface area contributed by atoms with Gasteiger partial charge < -0.3 is 10.4 Å². The molecule has 1 aliphatic rings. The third-order valence-corrected chi connectivity index (χ3v) is 3.48. The summed E-state index contributed by atoms with van der Waals surface area (Å²) in [6.07, 6.45) is 1.19. The molecule has 108 valence electrons. The zero-order valence-corrected chi connectivity index (χ0v) is 11.6. The maximum absolute atomic E-state index is 11.9. The first-order chi connectivity index (χ1) is 9.60. The number of hydrogen-bond donors (Lipinski definition) is 2. The van der Waals surface area contributed by atoms with Gasteiger partial charge in [0.1, 0.15) is 6.04 Å². The molecule has 1 atom stereocenters. The number of fused-ring (bicyclic) bond motifs is 1. The lowest BCUT2D eigenvalue weighted by molar-refractivity contribution is -0.142. The lowest BCUT2D eigenvalue weighted by Crippen LogP contribution is -2.44. The molecule has 2 rings (SSSR count). The minimum absolute atomic E-state index is 0.223. The van der Waals surface area contributed by atoms with Crippen LogP contribution in [0, 0.1) is 0 Å². The third-order valence-electron chi connectivity index (χ3n) is 3.48. The summed E-state index contributed by atoms with van der Waals surface area (Å²) in [6.45, 7) is 3.63. The summed E-state index contributed by atoms with van der Waals surface area (Å²) >= 11 is 0. The Morgan fingerprint density at radius 2 is 1.90 bits per heavy atom. The van der Waals surface area contributed by atoms with Gasteiger partial charge in [-0.15, -0.1) is 0 Å². The first kappa shape index (κ1) is 14.5. The second kappa shape index (κ2) is 6.52. The fourth-order valence-electron chi connectivity index (χ4n) is 2.50. The van der Waals surface area contributed by atoms with E-state index >= 15 is 0 Å². The molecule has 0 aliphatic carbocycles. The Kier molecular flexibility index (Phi) is 4.74. The molecule has 0 saturated heterocycles. The molecule has 1 aromatic rings. The molecule has 1 amide bonds. The van der Waals surface area contributed by atoms with Gasteiger partial charge >= 0.3 is 5.97 Å². The van der Waals surface area contributed by atoms with Crippen molar-refractivity contribution in [3.63, 3.8) is 0 Å². The van der Waals surface area contributed by atoms with Gasteiger partial charge in [0.2, 0.25) is 5.91 Å². The zero-order chi connectivity index (χ0) is 14.5. The van der Waals surface area contributed by atoms with Crippen molar-refractivity contribution in [2.75, 3.05) is 6.54 Å². The van der Waals surface area contributed by atoms with E-state index in [1.807, 2.05) is 24.0 Å². The quantitative estimate of drug-likeness (QED) is 0.823. The summed E-state index contributed by atoms with van der Waals surface area (Å²) in [5.41, 5.74) is 2.48. The fourth-order valence-corrected chi connectivity index (χ4v) is 2.50. The lowest BCUT2D eigenvalue weighted by Gasteiger charge is -2.17. The number of nitrogens with one attached hydrogen (secondary N) is 1. The third kappa shape index (κ3) is 3.57. The molecule has 0 aromatic heterocycles. The van der Waals surface area contributed by atoms with Crippen LogP contribution >= 0.6 is 0 Å². The molecule has 1 aliphatic heterocycles. The van der Waals surface area contributed by atoms with E-state index in [0.29, 0.717) is 6.42 Å². The van der Waals surface area contributed by atoms with E-state index in [0.717, 1.165) is 19.5 Å². The van der Waals surface area contributed by atoms with Gasteiger partial charge in [0, 0.05) is 13.1 Å². The van der Waals surface area contributed by atoms with Crippen LogP contribution in [0.15, 0.2) is 24.3 Å². The molecule has 1 aromatic carbocycles. The van der Waals surface area contributed by atoms with Crippen molar-refractivity contribution in [3.05, 3.63) is 35.4 Å². The molecule has 0 saturated carbocycles. The van der Waals surface area contributed by atoms with Gasteiger partial charge in [-0.3, -0.25) is 9.69 Å². The summed E-state index contributed by atoms with van der Waals surface area (Å²) in [7, 11) is 0. The van der Waals surface area contributed by atoms with Gasteiger partial charge in [0.05, 0.1) is 6.54 Å². The molecule has 0 spiro atoms. The van der Waals surface area contributed by atoms with Crippen LogP contribution in [0.5, 0.6) is 0 Å². The van der Waals surface area contributed by atoms with Crippen LogP contribution in [0.1, 0.15) is 30.9 Å². The Morgan fingerprint density at radius 3 is 2.40 bits per heavy atom. The minimum Gasteiger partial charge on any atom is -0.480 e. The number of nitrogens with zero attached hydrogens (tertiary/aromatic N) is 1. The van der Waals surface area contributed by atoms with E-state index in [-0.39, 0.29) is 12.5 Å². The lowest BCUT2D eigenvalue weighted by atomic mass is 10.1. The van der Waals surface area contributed by atoms with Crippen molar-refractivity contribution >= 4 is 11.9 Å². The van der Waals surface area contributed by atoms with Crippen molar-refractivity contribution in [1.82, 2.24) is 10.2 Å². The van der Waals surface area contributed by atoms with E-state index in [1.165, 1.54) is 11.1 Å². The monoisotopic (exact) mass is 276 g/mol. The molecular weight excluding hydrogens is 256 g/mol. The number of rotatable bonds is 6. The number of carbonyl (C=O) groups excluding carboxylic acids is 1. The largest absolute Gasteiger partial charge is 0.480 e. The van der Waals surface area contributed by atoms with Crippen LogP contribution in [-0.4, -0.2) is 34.5 Å². The number of aliphatic carboxylic acids is 1. The van der Waals surface area contributed by atoms with E-state index in [9.17, 15) is 9.59 Å². The summed E-state index contributed by atoms with van der Waals surface area (Å²) in [4.78, 5) is 25.0. The number of carboxylic acids is 1. The first-order valence-corrected chi connectivity index (χ1v) is 6.91. The Labute approximate surface area is 118 Å². The van der Waals surface area contributed by atoms with Crippen molar-refractivity contribution in [2.45, 2.75) is 38.9 Å². The van der Waals surface area contributed by atoms with Crippen LogP contribution in [-0.2, 0) is 22.7 Å². The number of carbonyl (C=O) groups is 2. The highest BCUT2D eigenvalue weighted by atomic mass is 16.4. The van der Waals surface area contributed by atoms with Crippen molar-refractivity contribution in [1.29, 1.82) is 0 Å². The number of hydrogen-bond acceptors (Lipinski definition) is 3. The van der Waals surface area contributed by atoms with E-state index in [2.05, 4.69) is 17.4 Å². The van der Waals surface area contributed by atoms with E-state index < -0.39 is 12.0 Å². The normalized spacial score (nSPS) is 15.7. The van der Waals surface area contributed by atoms with Gasteiger partial charge in [-0.1, -0.05) is 37.6 Å². The molecule has 0 fully saturated rings. The topological polar surface area (TPSA) is 69.6 Å². The SMILES string of the molecule is CCC[C@@H](NC(=O)CN1Cc2ccccc2C1)C(=O)O. The standard InChI is InChI=1S/C15H20N2O3/c1-2-5-13(15(19)20)16-14(18)10-17-8-11-6-3-4-7-12(11)9-17/h3-4,6-7,13H,2,5,8-10H2,1H3,(H,16,18)(H,19,20)/t13-/m1/s1.